The zero-order chi connectivity index (χ0) is 6.69. The van der Waals surface area contributed by atoms with E-state index in [-0.39, 0.29) is 6.61 Å². The third-order valence-electron chi connectivity index (χ3n) is 1.08. The summed E-state index contributed by atoms with van der Waals surface area (Å²) in [7, 11) is 0. The molecule has 47 valence electrons. The molecule has 1 aromatic carbocycles. The molecule has 0 saturated carbocycles. The lowest BCUT2D eigenvalue weighted by molar-refractivity contribution is 0.177. The Morgan fingerprint density at radius 3 is 2.22 bits per heavy atom. The minimum absolute atomic E-state index is 0.132. The standard InChI is InChI=1S/C7H6BrO/c8-7-3-1-6(5-9)2-4-7/h1-4H,5H2. The molecule has 1 aromatic rings. The number of benzene rings is 1. The molecule has 0 saturated heterocycles. The van der Waals surface area contributed by atoms with Crippen molar-refractivity contribution in [3.63, 3.8) is 0 Å². The zero-order valence-electron chi connectivity index (χ0n) is 4.80. The van der Waals surface area contributed by atoms with Gasteiger partial charge in [-0.3, -0.25) is 0 Å². The molecule has 1 nitrogen and oxygen atoms in total. The first-order chi connectivity index (χ1) is 4.33. The lowest BCUT2D eigenvalue weighted by Crippen LogP contribution is -1.77. The van der Waals surface area contributed by atoms with E-state index < -0.39 is 0 Å². The van der Waals surface area contributed by atoms with Gasteiger partial charge in [0.05, 0.1) is 0 Å². The van der Waals surface area contributed by atoms with Crippen LogP contribution in [-0.4, -0.2) is 0 Å². The second-order valence-corrected chi connectivity index (χ2v) is 2.69. The van der Waals surface area contributed by atoms with Gasteiger partial charge in [-0.2, -0.15) is 0 Å². The number of halogens is 1. The summed E-state index contributed by atoms with van der Waals surface area (Å²) >= 11 is 3.27. The highest BCUT2D eigenvalue weighted by Crippen LogP contribution is 2.09. The lowest BCUT2D eigenvalue weighted by Gasteiger charge is -1.91. The van der Waals surface area contributed by atoms with Crippen molar-refractivity contribution in [1.82, 2.24) is 0 Å². The lowest BCUT2D eigenvalue weighted by atomic mass is 10.2. The van der Waals surface area contributed by atoms with Crippen molar-refractivity contribution in [3.05, 3.63) is 34.3 Å². The van der Waals surface area contributed by atoms with E-state index in [4.69, 9.17) is 0 Å². The molecular formula is C7H6BrO. The van der Waals surface area contributed by atoms with Crippen LogP contribution in [0.2, 0.25) is 0 Å². The summed E-state index contributed by atoms with van der Waals surface area (Å²) in [6.07, 6.45) is 0. The van der Waals surface area contributed by atoms with Gasteiger partial charge in [0, 0.05) is 4.47 Å². The van der Waals surface area contributed by atoms with Crippen molar-refractivity contribution < 1.29 is 5.11 Å². The van der Waals surface area contributed by atoms with E-state index >= 15 is 0 Å². The zero-order valence-corrected chi connectivity index (χ0v) is 6.39. The summed E-state index contributed by atoms with van der Waals surface area (Å²) in [5, 5.41) is 10.2. The SMILES string of the molecule is [O]Cc1ccc(Br)cc1. The van der Waals surface area contributed by atoms with E-state index in [1.54, 1.807) is 0 Å². The van der Waals surface area contributed by atoms with Crippen molar-refractivity contribution in [3.8, 4) is 0 Å². The van der Waals surface area contributed by atoms with Gasteiger partial charge in [-0.15, -0.1) is 0 Å². The summed E-state index contributed by atoms with van der Waals surface area (Å²) in [4.78, 5) is 0. The Bertz CT molecular complexity index is 181. The highest BCUT2D eigenvalue weighted by molar-refractivity contribution is 9.10. The number of hydrogen-bond acceptors (Lipinski definition) is 0. The number of rotatable bonds is 1. The van der Waals surface area contributed by atoms with Crippen molar-refractivity contribution in [2.24, 2.45) is 0 Å². The van der Waals surface area contributed by atoms with Gasteiger partial charge in [0.1, 0.15) is 6.61 Å². The van der Waals surface area contributed by atoms with Gasteiger partial charge in [0.2, 0.25) is 0 Å². The third-order valence-corrected chi connectivity index (χ3v) is 1.61. The van der Waals surface area contributed by atoms with E-state index in [2.05, 4.69) is 15.9 Å². The van der Waals surface area contributed by atoms with Crippen LogP contribution in [0.15, 0.2) is 28.7 Å². The predicted octanol–water partition coefficient (Wildman–Crippen LogP) is 2.38. The topological polar surface area (TPSA) is 19.9 Å². The van der Waals surface area contributed by atoms with Gasteiger partial charge in [-0.25, -0.2) is 5.11 Å². The Labute approximate surface area is 62.5 Å². The molecule has 0 N–H and O–H groups in total. The van der Waals surface area contributed by atoms with E-state index in [1.165, 1.54) is 0 Å². The van der Waals surface area contributed by atoms with Crippen molar-refractivity contribution >= 4 is 15.9 Å². The fraction of sp³-hybridized carbons (Fsp3) is 0.143. The Hall–Kier alpha value is -0.340. The van der Waals surface area contributed by atoms with Crippen LogP contribution in [-0.2, 0) is 11.7 Å². The van der Waals surface area contributed by atoms with E-state index in [1.807, 2.05) is 24.3 Å². The molecule has 0 bridgehead atoms. The summed E-state index contributed by atoms with van der Waals surface area (Å²) in [5.41, 5.74) is 0.832. The smallest absolute Gasteiger partial charge is 0.107 e. The average molecular weight is 186 g/mol. The maximum absolute atomic E-state index is 10.2. The van der Waals surface area contributed by atoms with Gasteiger partial charge < -0.3 is 0 Å². The van der Waals surface area contributed by atoms with E-state index in [9.17, 15) is 5.11 Å². The van der Waals surface area contributed by atoms with Crippen LogP contribution in [0.3, 0.4) is 0 Å². The molecule has 0 spiro atoms. The fourth-order valence-electron chi connectivity index (χ4n) is 0.581. The molecule has 0 atom stereocenters. The molecule has 0 aliphatic heterocycles. The highest BCUT2D eigenvalue weighted by Gasteiger charge is 1.88. The Kier molecular flexibility index (Phi) is 2.25. The maximum Gasteiger partial charge on any atom is 0.107 e. The average Bonchev–Trinajstić information content (AvgIpc) is 1.90. The van der Waals surface area contributed by atoms with Crippen LogP contribution in [0.5, 0.6) is 0 Å². The largest absolute Gasteiger partial charge is 0.232 e. The summed E-state index contributed by atoms with van der Waals surface area (Å²) in [6.45, 7) is -0.132. The number of hydrogen-bond donors (Lipinski definition) is 0. The molecule has 2 heteroatoms. The predicted molar refractivity (Wildman–Crippen MR) is 38.5 cm³/mol. The molecule has 0 unspecified atom stereocenters. The molecule has 0 amide bonds. The van der Waals surface area contributed by atoms with Crippen LogP contribution < -0.4 is 0 Å². The first kappa shape index (κ1) is 6.78. The van der Waals surface area contributed by atoms with Crippen LogP contribution >= 0.6 is 15.9 Å². The van der Waals surface area contributed by atoms with Crippen LogP contribution in [0, 0.1) is 0 Å². The molecule has 0 fully saturated rings. The second-order valence-electron chi connectivity index (χ2n) is 1.77. The molecule has 1 radical (unpaired) electrons. The Morgan fingerprint density at radius 2 is 1.78 bits per heavy atom. The first-order valence-corrected chi connectivity index (χ1v) is 3.45. The van der Waals surface area contributed by atoms with Crippen LogP contribution in [0.4, 0.5) is 0 Å². The summed E-state index contributed by atoms with van der Waals surface area (Å²) in [6, 6.07) is 7.37. The molecule has 0 aliphatic rings. The van der Waals surface area contributed by atoms with Gasteiger partial charge >= 0.3 is 0 Å². The van der Waals surface area contributed by atoms with Gasteiger partial charge in [0.25, 0.3) is 0 Å². The minimum Gasteiger partial charge on any atom is -0.232 e. The fourth-order valence-corrected chi connectivity index (χ4v) is 0.845. The molecule has 0 aliphatic carbocycles. The van der Waals surface area contributed by atoms with Gasteiger partial charge in [-0.05, 0) is 17.7 Å². The van der Waals surface area contributed by atoms with Gasteiger partial charge in [0.15, 0.2) is 0 Å². The summed E-state index contributed by atoms with van der Waals surface area (Å²) < 4.78 is 1.01. The normalized spacial score (nSPS) is 9.56. The molecular weight excluding hydrogens is 180 g/mol. The third kappa shape index (κ3) is 1.80. The van der Waals surface area contributed by atoms with Crippen LogP contribution in [0.1, 0.15) is 5.56 Å². The molecule has 1 rings (SSSR count). The van der Waals surface area contributed by atoms with Crippen LogP contribution in [0.25, 0.3) is 0 Å². The van der Waals surface area contributed by atoms with Gasteiger partial charge in [-0.1, -0.05) is 28.1 Å². The Morgan fingerprint density at radius 1 is 1.22 bits per heavy atom. The van der Waals surface area contributed by atoms with Crippen molar-refractivity contribution in [2.75, 3.05) is 0 Å². The van der Waals surface area contributed by atoms with Crippen molar-refractivity contribution in [2.45, 2.75) is 6.61 Å². The first-order valence-electron chi connectivity index (χ1n) is 2.65. The summed E-state index contributed by atoms with van der Waals surface area (Å²) in [5.74, 6) is 0. The molecule has 0 aromatic heterocycles. The highest BCUT2D eigenvalue weighted by atomic mass is 79.9. The Balaban J connectivity index is 2.88. The second kappa shape index (κ2) is 2.99. The quantitative estimate of drug-likeness (QED) is 0.641. The van der Waals surface area contributed by atoms with E-state index in [0.29, 0.717) is 0 Å². The maximum atomic E-state index is 10.2. The van der Waals surface area contributed by atoms with Crippen molar-refractivity contribution in [1.29, 1.82) is 0 Å². The monoisotopic (exact) mass is 185 g/mol. The minimum atomic E-state index is -0.132. The molecule has 0 heterocycles. The van der Waals surface area contributed by atoms with E-state index in [0.717, 1.165) is 10.0 Å². The molecule has 9 heavy (non-hydrogen) atoms.